The van der Waals surface area contributed by atoms with Crippen LogP contribution in [0, 0.1) is 11.8 Å². The van der Waals surface area contributed by atoms with Gasteiger partial charge in [0.2, 0.25) is 0 Å². The Balaban J connectivity index is 0.000000921. The second-order valence-electron chi connectivity index (χ2n) is 3.72. The topological polar surface area (TPSA) is 67.5 Å². The number of carbonyl (C=O) groups excluding carboxylic acids is 1. The summed E-state index contributed by atoms with van der Waals surface area (Å²) in [6, 6.07) is 0. The van der Waals surface area contributed by atoms with Gasteiger partial charge in [0.05, 0.1) is 5.92 Å². The molecule has 1 amide bonds. The maximum absolute atomic E-state index is 11.5. The molecule has 0 spiro atoms. The Hall–Kier alpha value is -0.900. The summed E-state index contributed by atoms with van der Waals surface area (Å²) in [5.74, 6) is 0.559. The molecule has 88 valence electrons. The first kappa shape index (κ1) is 14.1. The highest BCUT2D eigenvalue weighted by Crippen LogP contribution is 2.09. The SMILES string of the molecule is CC.CC(C)C(N)=NC(=O)C1CCNC1. The predicted octanol–water partition coefficient (Wildman–Crippen LogP) is 1.16. The van der Waals surface area contributed by atoms with Crippen LogP contribution in [-0.2, 0) is 4.79 Å². The number of nitrogens with two attached hydrogens (primary N) is 1. The Labute approximate surface area is 92.3 Å². The van der Waals surface area contributed by atoms with E-state index in [9.17, 15) is 4.79 Å². The first-order valence-corrected chi connectivity index (χ1v) is 5.70. The van der Waals surface area contributed by atoms with Crippen LogP contribution in [0.2, 0.25) is 0 Å². The van der Waals surface area contributed by atoms with E-state index in [0.717, 1.165) is 19.5 Å². The van der Waals surface area contributed by atoms with E-state index >= 15 is 0 Å². The normalized spacial score (nSPS) is 21.1. The zero-order valence-corrected chi connectivity index (χ0v) is 10.2. The minimum absolute atomic E-state index is 0.0392. The minimum atomic E-state index is -0.0730. The first-order chi connectivity index (χ1) is 7.11. The predicted molar refractivity (Wildman–Crippen MR) is 63.8 cm³/mol. The number of hydrogen-bond acceptors (Lipinski definition) is 2. The van der Waals surface area contributed by atoms with Gasteiger partial charge in [-0.1, -0.05) is 27.7 Å². The van der Waals surface area contributed by atoms with Crippen LogP contribution in [0.1, 0.15) is 34.1 Å². The summed E-state index contributed by atoms with van der Waals surface area (Å²) in [5.41, 5.74) is 5.59. The molecule has 0 radical (unpaired) electrons. The van der Waals surface area contributed by atoms with Gasteiger partial charge in [-0.3, -0.25) is 4.79 Å². The third-order valence-electron chi connectivity index (χ3n) is 2.24. The average Bonchev–Trinajstić information content (AvgIpc) is 2.73. The largest absolute Gasteiger partial charge is 0.387 e. The van der Waals surface area contributed by atoms with E-state index in [1.807, 2.05) is 27.7 Å². The highest BCUT2D eigenvalue weighted by atomic mass is 16.1. The second-order valence-corrected chi connectivity index (χ2v) is 3.72. The van der Waals surface area contributed by atoms with Crippen LogP contribution in [0.25, 0.3) is 0 Å². The number of aliphatic imine (C=N–C) groups is 1. The van der Waals surface area contributed by atoms with Crippen molar-refractivity contribution in [2.24, 2.45) is 22.6 Å². The third-order valence-corrected chi connectivity index (χ3v) is 2.24. The maximum Gasteiger partial charge on any atom is 0.251 e. The standard InChI is InChI=1S/C9H17N3O.C2H6/c1-6(2)8(10)12-9(13)7-3-4-11-5-7;1-2/h6-7,11H,3-5H2,1-2H3,(H2,10,12,13);1-2H3. The van der Waals surface area contributed by atoms with Crippen LogP contribution >= 0.6 is 0 Å². The lowest BCUT2D eigenvalue weighted by Gasteiger charge is -2.05. The number of amides is 1. The molecule has 3 N–H and O–H groups in total. The molecule has 0 aliphatic carbocycles. The zero-order valence-electron chi connectivity index (χ0n) is 10.2. The number of amidine groups is 1. The molecule has 1 heterocycles. The lowest BCUT2D eigenvalue weighted by atomic mass is 10.1. The molecule has 1 saturated heterocycles. The highest BCUT2D eigenvalue weighted by molar-refractivity contribution is 5.95. The zero-order chi connectivity index (χ0) is 11.8. The van der Waals surface area contributed by atoms with E-state index in [1.54, 1.807) is 0 Å². The second kappa shape index (κ2) is 7.40. The number of hydrogen-bond donors (Lipinski definition) is 2. The molecule has 0 aromatic carbocycles. The molecule has 1 aliphatic rings. The minimum Gasteiger partial charge on any atom is -0.387 e. The van der Waals surface area contributed by atoms with E-state index in [-0.39, 0.29) is 17.7 Å². The van der Waals surface area contributed by atoms with Gasteiger partial charge in [-0.25, -0.2) is 4.99 Å². The van der Waals surface area contributed by atoms with Gasteiger partial charge >= 0.3 is 0 Å². The molecule has 1 rings (SSSR count). The number of carbonyl (C=O) groups is 1. The number of rotatable bonds is 2. The van der Waals surface area contributed by atoms with Gasteiger partial charge in [0.15, 0.2) is 0 Å². The highest BCUT2D eigenvalue weighted by Gasteiger charge is 2.22. The Morgan fingerprint density at radius 1 is 1.47 bits per heavy atom. The fourth-order valence-electron chi connectivity index (χ4n) is 1.21. The van der Waals surface area contributed by atoms with Gasteiger partial charge in [-0.2, -0.15) is 0 Å². The molecule has 0 aromatic heterocycles. The molecule has 0 saturated carbocycles. The van der Waals surface area contributed by atoms with Crippen LogP contribution in [0.5, 0.6) is 0 Å². The molecular formula is C11H23N3O. The van der Waals surface area contributed by atoms with Crippen LogP contribution in [0.3, 0.4) is 0 Å². The Morgan fingerprint density at radius 3 is 2.47 bits per heavy atom. The summed E-state index contributed by atoms with van der Waals surface area (Å²) in [6.45, 7) is 9.51. The van der Waals surface area contributed by atoms with Crippen molar-refractivity contribution in [2.75, 3.05) is 13.1 Å². The van der Waals surface area contributed by atoms with Crippen molar-refractivity contribution in [1.29, 1.82) is 0 Å². The van der Waals surface area contributed by atoms with Crippen molar-refractivity contribution < 1.29 is 4.79 Å². The smallest absolute Gasteiger partial charge is 0.251 e. The molecule has 1 unspecified atom stereocenters. The van der Waals surface area contributed by atoms with Crippen LogP contribution in [-0.4, -0.2) is 24.8 Å². The molecule has 0 bridgehead atoms. The van der Waals surface area contributed by atoms with Crippen LogP contribution in [0.4, 0.5) is 0 Å². The summed E-state index contributed by atoms with van der Waals surface area (Å²) >= 11 is 0. The fraction of sp³-hybridized carbons (Fsp3) is 0.818. The van der Waals surface area contributed by atoms with E-state index in [0.29, 0.717) is 5.84 Å². The van der Waals surface area contributed by atoms with Crippen LogP contribution in [0.15, 0.2) is 4.99 Å². The van der Waals surface area contributed by atoms with Gasteiger partial charge < -0.3 is 11.1 Å². The quantitative estimate of drug-likeness (QED) is 0.534. The number of nitrogens with zero attached hydrogens (tertiary/aromatic N) is 1. The van der Waals surface area contributed by atoms with Gasteiger partial charge in [-0.05, 0) is 13.0 Å². The average molecular weight is 213 g/mol. The molecule has 1 fully saturated rings. The summed E-state index contributed by atoms with van der Waals surface area (Å²) in [6.07, 6.45) is 0.883. The van der Waals surface area contributed by atoms with Gasteiger partial charge in [-0.15, -0.1) is 0 Å². The van der Waals surface area contributed by atoms with Gasteiger partial charge in [0.25, 0.3) is 5.91 Å². The summed E-state index contributed by atoms with van der Waals surface area (Å²) < 4.78 is 0. The van der Waals surface area contributed by atoms with Crippen molar-refractivity contribution in [3.63, 3.8) is 0 Å². The summed E-state index contributed by atoms with van der Waals surface area (Å²) in [4.78, 5) is 15.3. The Kier molecular flexibility index (Phi) is 6.96. The van der Waals surface area contributed by atoms with E-state index in [4.69, 9.17) is 5.73 Å². The maximum atomic E-state index is 11.5. The lowest BCUT2D eigenvalue weighted by Crippen LogP contribution is -2.24. The Bertz CT molecular complexity index is 218. The molecule has 1 aliphatic heterocycles. The van der Waals surface area contributed by atoms with Crippen molar-refractivity contribution >= 4 is 11.7 Å². The van der Waals surface area contributed by atoms with Crippen molar-refractivity contribution in [1.82, 2.24) is 5.32 Å². The van der Waals surface area contributed by atoms with E-state index < -0.39 is 0 Å². The summed E-state index contributed by atoms with van der Waals surface area (Å²) in [7, 11) is 0. The molecule has 4 heteroatoms. The molecule has 0 aromatic rings. The van der Waals surface area contributed by atoms with Crippen molar-refractivity contribution in [3.8, 4) is 0 Å². The van der Waals surface area contributed by atoms with Crippen LogP contribution < -0.4 is 11.1 Å². The lowest BCUT2D eigenvalue weighted by molar-refractivity contribution is -0.120. The first-order valence-electron chi connectivity index (χ1n) is 5.70. The van der Waals surface area contributed by atoms with Crippen molar-refractivity contribution in [2.45, 2.75) is 34.1 Å². The van der Waals surface area contributed by atoms with Gasteiger partial charge in [0.1, 0.15) is 5.84 Å². The molecular weight excluding hydrogens is 190 g/mol. The van der Waals surface area contributed by atoms with Crippen molar-refractivity contribution in [3.05, 3.63) is 0 Å². The van der Waals surface area contributed by atoms with Gasteiger partial charge in [0, 0.05) is 12.5 Å². The molecule has 4 nitrogen and oxygen atoms in total. The summed E-state index contributed by atoms with van der Waals surface area (Å²) in [5, 5.41) is 3.12. The Morgan fingerprint density at radius 2 is 2.07 bits per heavy atom. The molecule has 15 heavy (non-hydrogen) atoms. The number of nitrogens with one attached hydrogen (secondary N) is 1. The third kappa shape index (κ3) is 4.93. The van der Waals surface area contributed by atoms with E-state index in [1.165, 1.54) is 0 Å². The molecule has 1 atom stereocenters. The monoisotopic (exact) mass is 213 g/mol. The van der Waals surface area contributed by atoms with E-state index in [2.05, 4.69) is 10.3 Å². The fourth-order valence-corrected chi connectivity index (χ4v) is 1.21.